The summed E-state index contributed by atoms with van der Waals surface area (Å²) in [5.41, 5.74) is 8.44. The van der Waals surface area contributed by atoms with E-state index in [1.54, 1.807) is 52.2 Å². The van der Waals surface area contributed by atoms with Crippen molar-refractivity contribution >= 4 is 111 Å². The molecule has 0 unspecified atom stereocenters. The van der Waals surface area contributed by atoms with Crippen molar-refractivity contribution in [2.75, 3.05) is 18.1 Å². The molecule has 0 radical (unpaired) electrons. The van der Waals surface area contributed by atoms with Crippen LogP contribution < -0.4 is 64.2 Å². The molecule has 1 saturated heterocycles. The van der Waals surface area contributed by atoms with Gasteiger partial charge in [0.2, 0.25) is 70.9 Å². The van der Waals surface area contributed by atoms with E-state index in [1.165, 1.54) is 85.9 Å². The zero-order valence-corrected chi connectivity index (χ0v) is 66.9. The first-order chi connectivity index (χ1) is 54.3. The van der Waals surface area contributed by atoms with Gasteiger partial charge in [-0.25, -0.2) is 4.98 Å². The van der Waals surface area contributed by atoms with E-state index in [4.69, 9.17) is 5.73 Å². The Bertz CT molecular complexity index is 4170. The van der Waals surface area contributed by atoms with Crippen LogP contribution in [0.5, 0.6) is 11.5 Å². The average molecular weight is 1620 g/mol. The molecule has 114 heavy (non-hydrogen) atoms. The first-order valence-corrected chi connectivity index (χ1v) is 41.3. The van der Waals surface area contributed by atoms with Gasteiger partial charge in [-0.1, -0.05) is 108 Å². The number of aliphatic hydroxyl groups excluding tert-OH is 2. The van der Waals surface area contributed by atoms with Gasteiger partial charge in [-0.05, 0) is 128 Å². The number of nitrogens with two attached hydrogens (primary N) is 1. The zero-order valence-electron chi connectivity index (χ0n) is 65.3. The Hall–Kier alpha value is -10.1. The molecule has 3 aromatic carbocycles. The Balaban J connectivity index is 1.19. The second kappa shape index (κ2) is 43.4. The summed E-state index contributed by atoms with van der Waals surface area (Å²) in [7, 11) is 0. The summed E-state index contributed by atoms with van der Waals surface area (Å²) in [4.78, 5) is 198. The number of hydrogen-bond donors (Lipinski definition) is 17. The number of thioether (sulfide) groups is 2. The Morgan fingerprint density at radius 1 is 0.561 bits per heavy atom. The molecule has 18 N–H and O–H groups in total. The summed E-state index contributed by atoms with van der Waals surface area (Å²) in [6, 6.07) is 7.83. The Kier molecular flexibility index (Phi) is 34.0. The van der Waals surface area contributed by atoms with Crippen LogP contribution in [0.15, 0.2) is 97.3 Å². The minimum atomic E-state index is -1.69. The van der Waals surface area contributed by atoms with Gasteiger partial charge in [0, 0.05) is 85.9 Å². The van der Waals surface area contributed by atoms with Crippen LogP contribution in [0.2, 0.25) is 0 Å². The van der Waals surface area contributed by atoms with Crippen LogP contribution in [0.1, 0.15) is 159 Å². The topological polar surface area (TPSA) is 490 Å². The number of ketones is 1. The van der Waals surface area contributed by atoms with E-state index >= 15 is 24.0 Å². The van der Waals surface area contributed by atoms with Gasteiger partial charge in [0.15, 0.2) is 5.78 Å². The highest BCUT2D eigenvalue weighted by molar-refractivity contribution is 7.98. The van der Waals surface area contributed by atoms with E-state index in [9.17, 15) is 58.8 Å². The Labute approximate surface area is 671 Å². The number of carbonyl (C=O) groups is 13. The van der Waals surface area contributed by atoms with Crippen LogP contribution in [0, 0.1) is 17.3 Å². The number of hydrogen-bond acceptors (Lipinski definition) is 20. The second-order valence-electron chi connectivity index (χ2n) is 30.8. The largest absolute Gasteiger partial charge is 0.508 e. The smallest absolute Gasteiger partial charge is 0.245 e. The van der Waals surface area contributed by atoms with Gasteiger partial charge in [0.05, 0.1) is 24.2 Å². The van der Waals surface area contributed by atoms with Gasteiger partial charge < -0.3 is 89.6 Å². The van der Waals surface area contributed by atoms with Crippen molar-refractivity contribution in [3.63, 3.8) is 0 Å². The molecule has 2 aliphatic heterocycles. The van der Waals surface area contributed by atoms with Crippen molar-refractivity contribution in [3.8, 4) is 11.5 Å². The first kappa shape index (κ1) is 89.4. The molecule has 33 heteroatoms. The number of carbonyl (C=O) groups excluding carboxylic acids is 13. The number of pyridine rings is 1. The molecule has 3 aliphatic rings. The normalized spacial score (nSPS) is 25.5. The monoisotopic (exact) mass is 1610 g/mol. The number of H-pyrrole nitrogens is 1. The highest BCUT2D eigenvalue weighted by Crippen LogP contribution is 2.29. The molecule has 0 spiro atoms. The standard InChI is InChI=1S/C81H110N14O17S2/c1-7-15-58-73(105)88-59-21-11-12-22-65(101)83-34-31-57(64(100)40-56(45(2)96)72(104)89-62(76(108)87-58)39-52-41-85-71-55(52)20-14-33-84-71)86-75(107)60(37-47-23-27-53(98)28-24-47)91-80(112)69(81(4,5)6)93-66(102)32-35-113-42-49-16-13-17-50(36-49)43-114-44-63(70(82)103)92-78(110)67(46(3)97)94-79(111)68(51-18-9-8-10-19-51)95-77(109)61(90-74(59)106)38-48-25-29-54(99)30-26-48/h13-14,16-17,20,23-30,33,36,41,45-46,51,56-63,67-69,96-99H,7-12,15,18-19,21-22,31-32,34-35,37-40,42-44H2,1-6H3,(H2,82,103)(H,83,101)(H,84,85)(H,86,107)(H,87,108)(H,88,105)(H,89,104)(H,90,106)(H,91,112)(H,92,110)(H,93,102)(H,94,111)(H,95,109)/t45-,46-,56-,57+,58+,59+,60+,61+,62+,63+,67+,68+,69-/m1/s1. The minimum Gasteiger partial charge on any atom is -0.508 e. The third-order valence-electron chi connectivity index (χ3n) is 20.5. The van der Waals surface area contributed by atoms with E-state index in [1.807, 2.05) is 24.3 Å². The highest BCUT2D eigenvalue weighted by atomic mass is 32.2. The van der Waals surface area contributed by atoms with Crippen molar-refractivity contribution in [3.05, 3.63) is 125 Å². The van der Waals surface area contributed by atoms with Crippen LogP contribution in [0.3, 0.4) is 0 Å². The predicted octanol–water partition coefficient (Wildman–Crippen LogP) is 2.75. The number of amides is 12. The maximum absolute atomic E-state index is 15.3. The number of primary amides is 1. The Morgan fingerprint density at radius 3 is 1.76 bits per heavy atom. The molecule has 2 aromatic heterocycles. The number of phenols is 2. The van der Waals surface area contributed by atoms with Crippen LogP contribution in [-0.2, 0) is 93.1 Å². The minimum absolute atomic E-state index is 0.0256. The SMILES string of the molecule is CCC[C@@H]1NC(=O)[C@H](Cc2c[nH]c3ncccc23)NC(=O)[C@@H]([C@@H](C)O)CC(=O)[C@@H]2CCNC(=O)CCCC[C@H](NC1=O)C(=O)N[C@@H](Cc1ccc(O)cc1)C(=O)N[C@@H](C1CCCCC1)C(=O)N[C@@H]([C@@H](C)O)C(=O)N[C@H](C(N)=O)CSCc1cccc(c1)CSCCC(=O)N[C@@H](C(C)(C)C)C(=O)N[C@@H](Cc1ccc(O)cc1)C(=O)N2. The molecule has 5 aromatic rings. The molecule has 1 aliphatic carbocycles. The third kappa shape index (κ3) is 27.3. The summed E-state index contributed by atoms with van der Waals surface area (Å²) in [5.74, 6) is -12.1. The van der Waals surface area contributed by atoms with Gasteiger partial charge in [0.1, 0.15) is 71.5 Å². The fraction of sp³-hybridized carbons (Fsp3) is 0.531. The molecule has 12 amide bonds. The molecule has 1 saturated carbocycles. The number of benzene rings is 3. The van der Waals surface area contributed by atoms with Crippen molar-refractivity contribution in [2.45, 2.75) is 235 Å². The number of aliphatic hydroxyl groups is 2. The van der Waals surface area contributed by atoms with Gasteiger partial charge in [-0.2, -0.15) is 23.5 Å². The fourth-order valence-electron chi connectivity index (χ4n) is 14.0. The zero-order chi connectivity index (χ0) is 82.8. The number of aromatic amines is 1. The number of aromatic nitrogens is 2. The van der Waals surface area contributed by atoms with E-state index in [2.05, 4.69) is 68.5 Å². The lowest BCUT2D eigenvalue weighted by atomic mass is 9.83. The molecule has 4 bridgehead atoms. The van der Waals surface area contributed by atoms with Crippen LogP contribution in [0.25, 0.3) is 11.0 Å². The van der Waals surface area contributed by atoms with Crippen LogP contribution in [-0.4, -0.2) is 198 Å². The summed E-state index contributed by atoms with van der Waals surface area (Å²) in [6.07, 6.45) is 1.13. The number of fused-ring (bicyclic) bond motifs is 12. The van der Waals surface area contributed by atoms with E-state index in [0.29, 0.717) is 70.7 Å². The lowest BCUT2D eigenvalue weighted by Gasteiger charge is -2.33. The third-order valence-corrected chi connectivity index (χ3v) is 22.7. The van der Waals surface area contributed by atoms with E-state index < -0.39 is 173 Å². The molecule has 13 atom stereocenters. The van der Waals surface area contributed by atoms with Gasteiger partial charge in [-0.15, -0.1) is 0 Å². The highest BCUT2D eigenvalue weighted by Gasteiger charge is 2.41. The first-order valence-electron chi connectivity index (χ1n) is 39.0. The maximum atomic E-state index is 15.3. The molecule has 31 nitrogen and oxygen atoms in total. The molecule has 8 rings (SSSR count). The summed E-state index contributed by atoms with van der Waals surface area (Å²) >= 11 is 2.72. The summed E-state index contributed by atoms with van der Waals surface area (Å²) < 4.78 is 0. The maximum Gasteiger partial charge on any atom is 0.245 e. The summed E-state index contributed by atoms with van der Waals surface area (Å²) in [5, 5.41) is 74.2. The molecular formula is C81H110N14O17S2. The van der Waals surface area contributed by atoms with Gasteiger partial charge in [-0.3, -0.25) is 62.3 Å². The van der Waals surface area contributed by atoms with E-state index in [0.717, 1.165) is 17.5 Å². The quantitative estimate of drug-likeness (QED) is 0.0854. The molecule has 618 valence electrons. The van der Waals surface area contributed by atoms with E-state index in [-0.39, 0.29) is 94.4 Å². The van der Waals surface area contributed by atoms with Crippen molar-refractivity contribution in [1.82, 2.24) is 68.5 Å². The number of aromatic hydroxyl groups is 2. The van der Waals surface area contributed by atoms with Crippen molar-refractivity contribution < 1.29 is 82.8 Å². The molecular weight excluding hydrogens is 1510 g/mol. The lowest BCUT2D eigenvalue weighted by molar-refractivity contribution is -0.138. The molecule has 2 fully saturated rings. The number of nitrogens with one attached hydrogen (secondary N) is 12. The fourth-order valence-corrected chi connectivity index (χ4v) is 15.9. The number of nitrogens with zero attached hydrogens (tertiary/aromatic N) is 1. The summed E-state index contributed by atoms with van der Waals surface area (Å²) in [6.45, 7) is 9.14. The van der Waals surface area contributed by atoms with Gasteiger partial charge >= 0.3 is 0 Å². The number of rotatable bonds is 12. The molecule has 4 heterocycles. The number of phenolic OH excluding ortho intramolecular Hbond substituents is 2. The van der Waals surface area contributed by atoms with Crippen LogP contribution >= 0.6 is 23.5 Å². The second-order valence-corrected chi connectivity index (χ2v) is 32.9. The van der Waals surface area contributed by atoms with Gasteiger partial charge in [0.25, 0.3) is 0 Å². The lowest BCUT2D eigenvalue weighted by Crippen LogP contribution is -2.63. The average Bonchev–Trinajstić information content (AvgIpc) is 1.33. The van der Waals surface area contributed by atoms with Crippen molar-refractivity contribution in [1.29, 1.82) is 0 Å². The van der Waals surface area contributed by atoms with Crippen LogP contribution in [0.4, 0.5) is 0 Å². The van der Waals surface area contributed by atoms with Crippen molar-refractivity contribution in [2.24, 2.45) is 23.0 Å². The number of Topliss-reactive ketones (excluding diaryl/α,β-unsaturated/α-hetero) is 1. The Morgan fingerprint density at radius 2 is 1.14 bits per heavy atom. The predicted molar refractivity (Wildman–Crippen MR) is 429 cm³/mol.